The maximum Gasteiger partial charge on any atom is 0.248 e. The van der Waals surface area contributed by atoms with E-state index in [0.29, 0.717) is 0 Å². The number of methoxy groups -OCH3 is 1. The second-order valence-electron chi connectivity index (χ2n) is 4.34. The molecule has 0 aromatic heterocycles. The summed E-state index contributed by atoms with van der Waals surface area (Å²) in [6.45, 7) is 8.78. The van der Waals surface area contributed by atoms with Crippen molar-refractivity contribution in [3.05, 3.63) is 23.8 Å². The Balaban J connectivity index is 2.77. The minimum atomic E-state index is 0.965. The quantitative estimate of drug-likeness (QED) is 0.669. The van der Waals surface area contributed by atoms with Crippen LogP contribution in [0, 0.1) is 6.92 Å². The molecule has 0 saturated carbocycles. The third-order valence-electron chi connectivity index (χ3n) is 2.89. The average Bonchev–Trinajstić information content (AvgIpc) is 2.32. The molecule has 1 aromatic rings. The number of ether oxygens (including phenoxy) is 1. The molecule has 0 aliphatic heterocycles. The fourth-order valence-electron chi connectivity index (χ4n) is 2.00. The minimum Gasteiger partial charge on any atom is -0.497 e. The summed E-state index contributed by atoms with van der Waals surface area (Å²) in [5.74, 6) is 0.965. The Bertz CT molecular complexity index is 335. The number of hydrogen-bond donors (Lipinski definition) is 0. The van der Waals surface area contributed by atoms with Gasteiger partial charge in [-0.25, -0.2) is 0 Å². The highest BCUT2D eigenvalue weighted by atomic mass is 16.5. The lowest BCUT2D eigenvalue weighted by atomic mass is 9.77. The Morgan fingerprint density at radius 1 is 1.18 bits per heavy atom. The SMILES string of the molecule is CCCN([B]c1cccc(OC)c1C)CCC. The van der Waals surface area contributed by atoms with Crippen LogP contribution in [0.15, 0.2) is 18.2 Å². The molecule has 0 saturated heterocycles. The van der Waals surface area contributed by atoms with Crippen LogP contribution in [0.4, 0.5) is 0 Å². The highest BCUT2D eigenvalue weighted by Gasteiger charge is 2.10. The van der Waals surface area contributed by atoms with Crippen molar-refractivity contribution in [3.8, 4) is 5.75 Å². The molecule has 0 fully saturated rings. The first kappa shape index (κ1) is 14.1. The van der Waals surface area contributed by atoms with Gasteiger partial charge in [-0.3, -0.25) is 0 Å². The first-order valence-corrected chi connectivity index (χ1v) is 6.45. The van der Waals surface area contributed by atoms with E-state index in [1.165, 1.54) is 23.9 Å². The van der Waals surface area contributed by atoms with E-state index < -0.39 is 0 Å². The maximum absolute atomic E-state index is 5.35. The van der Waals surface area contributed by atoms with E-state index in [0.717, 1.165) is 18.8 Å². The van der Waals surface area contributed by atoms with Crippen LogP contribution in [0.3, 0.4) is 0 Å². The molecule has 1 radical (unpaired) electrons. The van der Waals surface area contributed by atoms with Crippen molar-refractivity contribution in [2.75, 3.05) is 20.2 Å². The minimum absolute atomic E-state index is 0.965. The monoisotopic (exact) mass is 232 g/mol. The van der Waals surface area contributed by atoms with E-state index in [2.05, 4.69) is 39.1 Å². The smallest absolute Gasteiger partial charge is 0.248 e. The van der Waals surface area contributed by atoms with Crippen molar-refractivity contribution in [2.24, 2.45) is 0 Å². The van der Waals surface area contributed by atoms with Gasteiger partial charge in [0.15, 0.2) is 0 Å². The topological polar surface area (TPSA) is 12.5 Å². The molecule has 0 bridgehead atoms. The van der Waals surface area contributed by atoms with Crippen molar-refractivity contribution in [2.45, 2.75) is 33.6 Å². The fraction of sp³-hybridized carbons (Fsp3) is 0.571. The molecule has 93 valence electrons. The van der Waals surface area contributed by atoms with Crippen LogP contribution >= 0.6 is 0 Å². The van der Waals surface area contributed by atoms with Crippen LogP contribution in [-0.4, -0.2) is 32.4 Å². The van der Waals surface area contributed by atoms with Gasteiger partial charge in [0.05, 0.1) is 7.11 Å². The van der Waals surface area contributed by atoms with Gasteiger partial charge < -0.3 is 9.55 Å². The zero-order valence-corrected chi connectivity index (χ0v) is 11.5. The van der Waals surface area contributed by atoms with Crippen molar-refractivity contribution >= 4 is 12.9 Å². The van der Waals surface area contributed by atoms with Gasteiger partial charge in [0.25, 0.3) is 0 Å². The number of hydrogen-bond acceptors (Lipinski definition) is 2. The molecule has 17 heavy (non-hydrogen) atoms. The molecule has 3 heteroatoms. The molecule has 0 aliphatic rings. The normalized spacial score (nSPS) is 10.6. The van der Waals surface area contributed by atoms with E-state index in [1.807, 2.05) is 12.1 Å². The fourth-order valence-corrected chi connectivity index (χ4v) is 2.00. The van der Waals surface area contributed by atoms with Gasteiger partial charge >= 0.3 is 0 Å². The summed E-state index contributed by atoms with van der Waals surface area (Å²) in [5.41, 5.74) is 2.47. The lowest BCUT2D eigenvalue weighted by Gasteiger charge is -2.21. The highest BCUT2D eigenvalue weighted by molar-refractivity contribution is 6.51. The van der Waals surface area contributed by atoms with Crippen molar-refractivity contribution in [1.29, 1.82) is 0 Å². The van der Waals surface area contributed by atoms with E-state index in [4.69, 9.17) is 4.74 Å². The summed E-state index contributed by atoms with van der Waals surface area (Å²) in [4.78, 5) is 2.39. The lowest BCUT2D eigenvalue weighted by molar-refractivity contribution is 0.412. The van der Waals surface area contributed by atoms with Gasteiger partial charge in [0, 0.05) is 0 Å². The molecule has 2 nitrogen and oxygen atoms in total. The second kappa shape index (κ2) is 7.39. The zero-order chi connectivity index (χ0) is 12.7. The second-order valence-corrected chi connectivity index (χ2v) is 4.34. The standard InChI is InChI=1S/C14H23BNO/c1-5-10-16(11-6-2)15-13-8-7-9-14(17-4)12(13)3/h7-9H,5-6,10-11H2,1-4H3. The summed E-state index contributed by atoms with van der Waals surface area (Å²) < 4.78 is 5.35. The van der Waals surface area contributed by atoms with Gasteiger partial charge in [-0.1, -0.05) is 31.4 Å². The molecule has 0 aliphatic carbocycles. The Morgan fingerprint density at radius 3 is 2.35 bits per heavy atom. The third kappa shape index (κ3) is 4.08. The number of nitrogens with zero attached hydrogens (tertiary/aromatic N) is 1. The Kier molecular flexibility index (Phi) is 6.13. The lowest BCUT2D eigenvalue weighted by Crippen LogP contribution is -2.38. The predicted octanol–water partition coefficient (Wildman–Crippen LogP) is 2.37. The molecular weight excluding hydrogens is 209 g/mol. The van der Waals surface area contributed by atoms with Gasteiger partial charge in [-0.2, -0.15) is 0 Å². The van der Waals surface area contributed by atoms with Crippen LogP contribution in [0.5, 0.6) is 5.75 Å². The van der Waals surface area contributed by atoms with E-state index in [1.54, 1.807) is 7.11 Å². The van der Waals surface area contributed by atoms with E-state index >= 15 is 0 Å². The van der Waals surface area contributed by atoms with E-state index in [-0.39, 0.29) is 0 Å². The molecule has 0 N–H and O–H groups in total. The number of rotatable bonds is 7. The third-order valence-corrected chi connectivity index (χ3v) is 2.89. The Hall–Kier alpha value is -0.955. The largest absolute Gasteiger partial charge is 0.497 e. The van der Waals surface area contributed by atoms with Crippen molar-refractivity contribution in [1.82, 2.24) is 4.81 Å². The number of benzene rings is 1. The summed E-state index contributed by atoms with van der Waals surface area (Å²) in [6.07, 6.45) is 2.36. The van der Waals surface area contributed by atoms with Crippen molar-refractivity contribution < 1.29 is 4.74 Å². The van der Waals surface area contributed by atoms with Gasteiger partial charge in [0.1, 0.15) is 5.75 Å². The summed E-state index contributed by atoms with van der Waals surface area (Å²) in [7, 11) is 3.98. The molecule has 0 unspecified atom stereocenters. The maximum atomic E-state index is 5.35. The van der Waals surface area contributed by atoms with Crippen LogP contribution in [0.2, 0.25) is 0 Å². The van der Waals surface area contributed by atoms with Crippen LogP contribution < -0.4 is 10.2 Å². The Morgan fingerprint density at radius 2 is 1.82 bits per heavy atom. The summed E-state index contributed by atoms with van der Waals surface area (Å²) in [5, 5.41) is 0. The molecule has 0 heterocycles. The summed E-state index contributed by atoms with van der Waals surface area (Å²) in [6, 6.07) is 6.21. The van der Waals surface area contributed by atoms with E-state index in [9.17, 15) is 0 Å². The first-order valence-electron chi connectivity index (χ1n) is 6.45. The predicted molar refractivity (Wildman–Crippen MR) is 75.3 cm³/mol. The Labute approximate surface area is 106 Å². The molecule has 1 aromatic carbocycles. The summed E-state index contributed by atoms with van der Waals surface area (Å²) >= 11 is 0. The van der Waals surface area contributed by atoms with Gasteiger partial charge in [-0.05, 0) is 44.5 Å². The van der Waals surface area contributed by atoms with Crippen LogP contribution in [-0.2, 0) is 0 Å². The molecule has 1 rings (SSSR count). The first-order chi connectivity index (χ1) is 8.22. The van der Waals surface area contributed by atoms with Gasteiger partial charge in [-0.15, -0.1) is 0 Å². The van der Waals surface area contributed by atoms with Crippen LogP contribution in [0.1, 0.15) is 32.3 Å². The molecular formula is C14H23BNO. The average molecular weight is 232 g/mol. The highest BCUT2D eigenvalue weighted by Crippen LogP contribution is 2.13. The van der Waals surface area contributed by atoms with Crippen LogP contribution in [0.25, 0.3) is 0 Å². The molecule has 0 spiro atoms. The van der Waals surface area contributed by atoms with Crippen molar-refractivity contribution in [3.63, 3.8) is 0 Å². The zero-order valence-electron chi connectivity index (χ0n) is 11.5. The molecule has 0 atom stereocenters. The molecule has 0 amide bonds. The van der Waals surface area contributed by atoms with Gasteiger partial charge in [0.2, 0.25) is 7.41 Å².